The molecule has 1 fully saturated rings. The Kier molecular flexibility index (Phi) is 5.45. The monoisotopic (exact) mass is 416 g/mol. The van der Waals surface area contributed by atoms with Crippen molar-refractivity contribution in [2.45, 2.75) is 17.7 Å². The van der Waals surface area contributed by atoms with Crippen molar-refractivity contribution in [3.05, 3.63) is 54.7 Å². The van der Waals surface area contributed by atoms with Crippen LogP contribution < -0.4 is 5.32 Å². The summed E-state index contributed by atoms with van der Waals surface area (Å²) in [6.45, 7) is 1.26. The number of aromatic nitrogens is 2. The van der Waals surface area contributed by atoms with Crippen LogP contribution in [0.3, 0.4) is 0 Å². The molecule has 3 aromatic heterocycles. The van der Waals surface area contributed by atoms with E-state index in [2.05, 4.69) is 15.5 Å². The third-order valence-electron chi connectivity index (χ3n) is 4.90. The van der Waals surface area contributed by atoms with Gasteiger partial charge in [0.25, 0.3) is 5.91 Å². The van der Waals surface area contributed by atoms with Gasteiger partial charge in [0.05, 0.1) is 6.26 Å². The van der Waals surface area contributed by atoms with Crippen LogP contribution in [0, 0.1) is 5.92 Å². The van der Waals surface area contributed by atoms with Gasteiger partial charge in [-0.05, 0) is 43.0 Å². The van der Waals surface area contributed by atoms with E-state index >= 15 is 0 Å². The number of hydrogen-bond acceptors (Lipinski definition) is 7. The number of piperidine rings is 1. The molecule has 1 amide bonds. The maximum Gasteiger partial charge on any atom is 0.273 e. The van der Waals surface area contributed by atoms with Crippen molar-refractivity contribution >= 4 is 15.9 Å². The highest BCUT2D eigenvalue weighted by Gasteiger charge is 2.29. The van der Waals surface area contributed by atoms with Crippen molar-refractivity contribution in [3.8, 4) is 11.5 Å². The summed E-state index contributed by atoms with van der Waals surface area (Å²) in [6, 6.07) is 8.12. The van der Waals surface area contributed by atoms with Gasteiger partial charge < -0.3 is 14.3 Å². The zero-order chi connectivity index (χ0) is 20.3. The third-order valence-corrected chi connectivity index (χ3v) is 6.79. The van der Waals surface area contributed by atoms with E-state index < -0.39 is 10.0 Å². The van der Waals surface area contributed by atoms with Gasteiger partial charge in [0.1, 0.15) is 4.90 Å². The second-order valence-electron chi connectivity index (χ2n) is 6.80. The lowest BCUT2D eigenvalue weighted by atomic mass is 9.98. The van der Waals surface area contributed by atoms with Crippen LogP contribution in [-0.4, -0.2) is 48.4 Å². The van der Waals surface area contributed by atoms with Gasteiger partial charge in [-0.1, -0.05) is 5.16 Å². The first kappa shape index (κ1) is 19.3. The van der Waals surface area contributed by atoms with Crippen LogP contribution in [0.4, 0.5) is 0 Å². The van der Waals surface area contributed by atoms with Crippen LogP contribution in [0.1, 0.15) is 23.3 Å². The van der Waals surface area contributed by atoms with Gasteiger partial charge in [0.15, 0.2) is 11.5 Å². The fourth-order valence-electron chi connectivity index (χ4n) is 3.25. The van der Waals surface area contributed by atoms with Crippen molar-refractivity contribution in [2.75, 3.05) is 19.6 Å². The zero-order valence-corrected chi connectivity index (χ0v) is 16.3. The highest BCUT2D eigenvalue weighted by Crippen LogP contribution is 2.23. The molecule has 0 radical (unpaired) electrons. The number of carbonyl (C=O) groups excluding carboxylic acids is 1. The Bertz CT molecular complexity index is 1060. The molecule has 1 saturated heterocycles. The first-order valence-corrected chi connectivity index (χ1v) is 10.7. The number of hydrogen-bond donors (Lipinski definition) is 1. The number of sulfonamides is 1. The maximum atomic E-state index is 12.6. The number of furan rings is 1. The lowest BCUT2D eigenvalue weighted by Crippen LogP contribution is -2.41. The first-order chi connectivity index (χ1) is 14.0. The Hall–Kier alpha value is -2.98. The Morgan fingerprint density at radius 1 is 1.21 bits per heavy atom. The highest BCUT2D eigenvalue weighted by atomic mass is 32.2. The molecule has 0 aromatic carbocycles. The average molecular weight is 416 g/mol. The Balaban J connectivity index is 1.29. The lowest BCUT2D eigenvalue weighted by molar-refractivity contribution is 0.0932. The van der Waals surface area contributed by atoms with E-state index in [-0.39, 0.29) is 22.4 Å². The van der Waals surface area contributed by atoms with Crippen molar-refractivity contribution < 1.29 is 22.2 Å². The van der Waals surface area contributed by atoms with Gasteiger partial charge in [-0.3, -0.25) is 9.78 Å². The average Bonchev–Trinajstić information content (AvgIpc) is 3.45. The van der Waals surface area contributed by atoms with E-state index in [0.717, 1.165) is 0 Å². The molecule has 1 aliphatic heterocycles. The molecular formula is C19H20N4O5S. The van der Waals surface area contributed by atoms with Gasteiger partial charge >= 0.3 is 0 Å². The summed E-state index contributed by atoms with van der Waals surface area (Å²) in [5.74, 6) is 0.737. The molecule has 0 bridgehead atoms. The van der Waals surface area contributed by atoms with E-state index in [0.29, 0.717) is 44.0 Å². The van der Waals surface area contributed by atoms with E-state index in [1.165, 1.54) is 22.8 Å². The minimum absolute atomic E-state index is 0.174. The van der Waals surface area contributed by atoms with Crippen molar-refractivity contribution in [2.24, 2.45) is 5.92 Å². The summed E-state index contributed by atoms with van der Waals surface area (Å²) in [5.41, 5.74) is 0.174. The molecule has 0 aliphatic carbocycles. The summed E-state index contributed by atoms with van der Waals surface area (Å²) in [5, 5.41) is 6.62. The van der Waals surface area contributed by atoms with Gasteiger partial charge in [0, 0.05) is 38.1 Å². The minimum Gasteiger partial charge on any atom is -0.461 e. The molecule has 0 atom stereocenters. The second-order valence-corrected chi connectivity index (χ2v) is 8.74. The molecule has 29 heavy (non-hydrogen) atoms. The predicted molar refractivity (Wildman–Crippen MR) is 102 cm³/mol. The van der Waals surface area contributed by atoms with E-state index in [1.807, 2.05) is 0 Å². The van der Waals surface area contributed by atoms with Gasteiger partial charge in [-0.15, -0.1) is 0 Å². The number of amides is 1. The first-order valence-electron chi connectivity index (χ1n) is 9.23. The van der Waals surface area contributed by atoms with Crippen LogP contribution in [0.2, 0.25) is 0 Å². The van der Waals surface area contributed by atoms with Crippen LogP contribution in [0.15, 0.2) is 62.8 Å². The summed E-state index contributed by atoms with van der Waals surface area (Å²) < 4.78 is 37.1. The molecule has 9 nitrogen and oxygen atoms in total. The van der Waals surface area contributed by atoms with Crippen molar-refractivity contribution in [3.63, 3.8) is 0 Å². The normalized spacial score (nSPS) is 16.0. The second kappa shape index (κ2) is 8.18. The summed E-state index contributed by atoms with van der Waals surface area (Å²) in [7, 11) is -3.53. The number of nitrogens with one attached hydrogen (secondary N) is 1. The summed E-state index contributed by atoms with van der Waals surface area (Å²) >= 11 is 0. The van der Waals surface area contributed by atoms with Crippen LogP contribution in [-0.2, 0) is 10.0 Å². The van der Waals surface area contributed by atoms with Crippen molar-refractivity contribution in [1.82, 2.24) is 19.8 Å². The standard InChI is InChI=1S/C19H20N4O5S/c24-19(16-11-18(28-22-16)17-4-2-10-27-17)21-12-14-5-8-23(9-6-14)29(25,26)15-3-1-7-20-13-15/h1-4,7,10-11,13-14H,5-6,8-9,12H2,(H,21,24). The van der Waals surface area contributed by atoms with E-state index in [9.17, 15) is 13.2 Å². The molecule has 4 rings (SSSR count). The SMILES string of the molecule is O=C(NCC1CCN(S(=O)(=O)c2cccnc2)CC1)c1cc(-c2ccco2)on1. The molecule has 4 heterocycles. The fourth-order valence-corrected chi connectivity index (χ4v) is 4.68. The van der Waals surface area contributed by atoms with Crippen LogP contribution in [0.25, 0.3) is 11.5 Å². The summed E-state index contributed by atoms with van der Waals surface area (Å²) in [4.78, 5) is 16.4. The van der Waals surface area contributed by atoms with Gasteiger partial charge in [0.2, 0.25) is 15.8 Å². The van der Waals surface area contributed by atoms with E-state index in [4.69, 9.17) is 8.94 Å². The number of pyridine rings is 1. The Morgan fingerprint density at radius 2 is 2.03 bits per heavy atom. The molecule has 152 valence electrons. The smallest absolute Gasteiger partial charge is 0.273 e. The highest BCUT2D eigenvalue weighted by molar-refractivity contribution is 7.89. The molecule has 0 spiro atoms. The van der Waals surface area contributed by atoms with E-state index in [1.54, 1.807) is 30.5 Å². The molecule has 0 saturated carbocycles. The van der Waals surface area contributed by atoms with Gasteiger partial charge in [-0.25, -0.2) is 8.42 Å². The lowest BCUT2D eigenvalue weighted by Gasteiger charge is -2.31. The maximum absolute atomic E-state index is 12.6. The Morgan fingerprint density at radius 3 is 2.72 bits per heavy atom. The van der Waals surface area contributed by atoms with Crippen LogP contribution in [0.5, 0.6) is 0 Å². The van der Waals surface area contributed by atoms with Crippen molar-refractivity contribution in [1.29, 1.82) is 0 Å². The molecule has 3 aromatic rings. The largest absolute Gasteiger partial charge is 0.461 e. The predicted octanol–water partition coefficient (Wildman–Crippen LogP) is 2.16. The molecule has 1 aliphatic rings. The Labute approximate surface area is 167 Å². The third kappa shape index (κ3) is 4.22. The van der Waals surface area contributed by atoms with Crippen LogP contribution >= 0.6 is 0 Å². The fraction of sp³-hybridized carbons (Fsp3) is 0.316. The number of nitrogens with zero attached hydrogens (tertiary/aromatic N) is 3. The quantitative estimate of drug-likeness (QED) is 0.654. The molecule has 10 heteroatoms. The number of rotatable bonds is 6. The molecule has 1 N–H and O–H groups in total. The number of carbonyl (C=O) groups is 1. The molecule has 0 unspecified atom stereocenters. The topological polar surface area (TPSA) is 119 Å². The minimum atomic E-state index is -3.53. The zero-order valence-electron chi connectivity index (χ0n) is 15.5. The molecular weight excluding hydrogens is 396 g/mol. The summed E-state index contributed by atoms with van der Waals surface area (Å²) in [6.07, 6.45) is 5.74. The van der Waals surface area contributed by atoms with Gasteiger partial charge in [-0.2, -0.15) is 4.31 Å².